The van der Waals surface area contributed by atoms with Gasteiger partial charge in [-0.15, -0.1) is 0 Å². The maximum absolute atomic E-state index is 4.22. The first-order valence-electron chi connectivity index (χ1n) is 1.98. The highest BCUT2D eigenvalue weighted by atomic mass is 127. The summed E-state index contributed by atoms with van der Waals surface area (Å²) in [6.45, 7) is 4.25. The van der Waals surface area contributed by atoms with Gasteiger partial charge in [0.2, 0.25) is 0 Å². The SMILES string of the molecule is CCC.COI. The van der Waals surface area contributed by atoms with Gasteiger partial charge >= 0.3 is 0 Å². The van der Waals surface area contributed by atoms with E-state index in [1.165, 1.54) is 6.42 Å². The third kappa shape index (κ3) is 134. The topological polar surface area (TPSA) is 9.23 Å². The molecule has 0 rings (SSSR count). The third-order valence-electron chi connectivity index (χ3n) is 0. The van der Waals surface area contributed by atoms with Crippen LogP contribution in [0.5, 0.6) is 0 Å². The number of halogens is 1. The average Bonchev–Trinajstić information content (AvgIpc) is 1.39. The molecule has 0 saturated carbocycles. The quantitative estimate of drug-likeness (QED) is 0.548. The van der Waals surface area contributed by atoms with Crippen LogP contribution in [-0.4, -0.2) is 7.11 Å². The van der Waals surface area contributed by atoms with E-state index in [0.717, 1.165) is 0 Å². The molecule has 1 nitrogen and oxygen atoms in total. The van der Waals surface area contributed by atoms with Gasteiger partial charge in [0.05, 0.1) is 0 Å². The standard InChI is InChI=1S/C3H8.CH3IO/c2*1-3-2/h3H2,1-2H3;1H3. The molecule has 0 aliphatic heterocycles. The third-order valence-corrected chi connectivity index (χ3v) is 0. The Morgan fingerprint density at radius 2 is 1.50 bits per heavy atom. The van der Waals surface area contributed by atoms with E-state index in [1.54, 1.807) is 30.1 Å². The Morgan fingerprint density at radius 3 is 1.50 bits per heavy atom. The lowest BCUT2D eigenvalue weighted by Gasteiger charge is -1.55. The maximum atomic E-state index is 4.22. The van der Waals surface area contributed by atoms with E-state index >= 15 is 0 Å². The minimum atomic E-state index is 1.25. The maximum Gasteiger partial charge on any atom is 0.109 e. The van der Waals surface area contributed by atoms with E-state index in [9.17, 15) is 0 Å². The summed E-state index contributed by atoms with van der Waals surface area (Å²) in [5.41, 5.74) is 0. The molecule has 0 aromatic heterocycles. The van der Waals surface area contributed by atoms with Gasteiger partial charge in [-0.2, -0.15) is 0 Å². The van der Waals surface area contributed by atoms with E-state index in [0.29, 0.717) is 0 Å². The Hall–Kier alpha value is 0.690. The van der Waals surface area contributed by atoms with Crippen LogP contribution in [0.2, 0.25) is 0 Å². The zero-order chi connectivity index (χ0) is 5.41. The molecule has 0 bridgehead atoms. The Kier molecular flexibility index (Phi) is 28.4. The van der Waals surface area contributed by atoms with E-state index in [2.05, 4.69) is 16.9 Å². The predicted octanol–water partition coefficient (Wildman–Crippen LogP) is 2.40. The molecule has 0 aliphatic rings. The van der Waals surface area contributed by atoms with Crippen molar-refractivity contribution >= 4 is 23.0 Å². The molecule has 0 radical (unpaired) electrons. The Morgan fingerprint density at radius 1 is 1.50 bits per heavy atom. The van der Waals surface area contributed by atoms with E-state index in [4.69, 9.17) is 0 Å². The normalized spacial score (nSPS) is 6.00. The van der Waals surface area contributed by atoms with Crippen LogP contribution in [0.15, 0.2) is 0 Å². The molecule has 0 fully saturated rings. The lowest BCUT2D eigenvalue weighted by atomic mass is 10.6. The minimum absolute atomic E-state index is 1.25. The van der Waals surface area contributed by atoms with Crippen LogP contribution in [0, 0.1) is 0 Å². The lowest BCUT2D eigenvalue weighted by molar-refractivity contribution is 0.556. The van der Waals surface area contributed by atoms with Gasteiger partial charge in [0.15, 0.2) is 0 Å². The molecular formula is C4H11IO. The summed E-state index contributed by atoms with van der Waals surface area (Å²) in [5, 5.41) is 0. The van der Waals surface area contributed by atoms with Crippen LogP contribution >= 0.6 is 23.0 Å². The van der Waals surface area contributed by atoms with E-state index < -0.39 is 0 Å². The molecule has 0 N–H and O–H groups in total. The van der Waals surface area contributed by atoms with Crippen molar-refractivity contribution in [3.63, 3.8) is 0 Å². The molecule has 0 saturated heterocycles. The fraction of sp³-hybridized carbons (Fsp3) is 1.00. The molecular weight excluding hydrogens is 191 g/mol. The van der Waals surface area contributed by atoms with Crippen molar-refractivity contribution in [3.05, 3.63) is 0 Å². The molecule has 2 heteroatoms. The summed E-state index contributed by atoms with van der Waals surface area (Å²) < 4.78 is 4.22. The van der Waals surface area contributed by atoms with Crippen molar-refractivity contribution in [3.8, 4) is 0 Å². The summed E-state index contributed by atoms with van der Waals surface area (Å²) in [4.78, 5) is 0. The van der Waals surface area contributed by atoms with Gasteiger partial charge in [0.25, 0.3) is 0 Å². The second kappa shape index (κ2) is 17.3. The van der Waals surface area contributed by atoms with Gasteiger partial charge < -0.3 is 3.07 Å². The largest absolute Gasteiger partial charge is 0.319 e. The van der Waals surface area contributed by atoms with Crippen molar-refractivity contribution < 1.29 is 3.07 Å². The summed E-state index contributed by atoms with van der Waals surface area (Å²) >= 11 is 1.79. The molecule has 40 valence electrons. The van der Waals surface area contributed by atoms with Crippen LogP contribution in [0.25, 0.3) is 0 Å². The number of hydrogen-bond acceptors (Lipinski definition) is 1. The smallest absolute Gasteiger partial charge is 0.109 e. The molecule has 0 unspecified atom stereocenters. The Balaban J connectivity index is 0. The van der Waals surface area contributed by atoms with Gasteiger partial charge in [0, 0.05) is 7.11 Å². The highest BCUT2D eigenvalue weighted by Crippen LogP contribution is 1.70. The zero-order valence-electron chi connectivity index (χ0n) is 4.49. The molecule has 0 heterocycles. The van der Waals surface area contributed by atoms with Gasteiger partial charge in [-0.3, -0.25) is 0 Å². The van der Waals surface area contributed by atoms with Crippen molar-refractivity contribution in [1.82, 2.24) is 0 Å². The van der Waals surface area contributed by atoms with Crippen LogP contribution in [-0.2, 0) is 3.07 Å². The van der Waals surface area contributed by atoms with Gasteiger partial charge in [-0.05, 0) is 0 Å². The molecule has 0 aliphatic carbocycles. The van der Waals surface area contributed by atoms with Crippen molar-refractivity contribution in [2.24, 2.45) is 0 Å². The van der Waals surface area contributed by atoms with E-state index in [-0.39, 0.29) is 0 Å². The van der Waals surface area contributed by atoms with Crippen LogP contribution in [0.3, 0.4) is 0 Å². The molecule has 6 heavy (non-hydrogen) atoms. The predicted molar refractivity (Wildman–Crippen MR) is 37.0 cm³/mol. The Labute approximate surface area is 53.8 Å². The summed E-state index contributed by atoms with van der Waals surface area (Å²) in [7, 11) is 1.61. The Bertz CT molecular complexity index is 9.51. The monoisotopic (exact) mass is 202 g/mol. The number of rotatable bonds is 0. The fourth-order valence-electron chi connectivity index (χ4n) is 0. The summed E-state index contributed by atoms with van der Waals surface area (Å²) in [6.07, 6.45) is 1.25. The minimum Gasteiger partial charge on any atom is -0.319 e. The second-order valence-corrected chi connectivity index (χ2v) is 1.74. The molecule has 0 spiro atoms. The highest BCUT2D eigenvalue weighted by molar-refractivity contribution is 14.1. The summed E-state index contributed by atoms with van der Waals surface area (Å²) in [6, 6.07) is 0. The molecule has 0 amide bonds. The molecule has 0 aromatic rings. The van der Waals surface area contributed by atoms with Crippen LogP contribution < -0.4 is 0 Å². The molecule has 0 atom stereocenters. The second-order valence-electron chi connectivity index (χ2n) is 0.861. The first-order valence-corrected chi connectivity index (χ1v) is 2.86. The van der Waals surface area contributed by atoms with Crippen molar-refractivity contribution in [2.45, 2.75) is 20.3 Å². The van der Waals surface area contributed by atoms with E-state index in [1.807, 2.05) is 0 Å². The average molecular weight is 202 g/mol. The van der Waals surface area contributed by atoms with Crippen molar-refractivity contribution in [2.75, 3.05) is 7.11 Å². The van der Waals surface area contributed by atoms with Crippen LogP contribution in [0.1, 0.15) is 20.3 Å². The lowest BCUT2D eigenvalue weighted by Crippen LogP contribution is -1.37. The van der Waals surface area contributed by atoms with Gasteiger partial charge in [0.1, 0.15) is 23.0 Å². The fourth-order valence-corrected chi connectivity index (χ4v) is 0. The van der Waals surface area contributed by atoms with Gasteiger partial charge in [-0.25, -0.2) is 0 Å². The first kappa shape index (κ1) is 9.85. The zero-order valence-corrected chi connectivity index (χ0v) is 6.65. The first-order chi connectivity index (χ1) is 2.83. The van der Waals surface area contributed by atoms with Crippen molar-refractivity contribution in [1.29, 1.82) is 0 Å². The highest BCUT2D eigenvalue weighted by Gasteiger charge is 1.35. The van der Waals surface area contributed by atoms with Gasteiger partial charge in [-0.1, -0.05) is 20.3 Å². The number of hydrogen-bond donors (Lipinski definition) is 0. The summed E-state index contributed by atoms with van der Waals surface area (Å²) in [5.74, 6) is 0. The van der Waals surface area contributed by atoms with Crippen LogP contribution in [0.4, 0.5) is 0 Å². The molecule has 0 aromatic carbocycles.